The molecule has 0 saturated heterocycles. The van der Waals surface area contributed by atoms with E-state index in [9.17, 15) is 10.1 Å². The normalized spacial score (nSPS) is 10.3. The van der Waals surface area contributed by atoms with Crippen LogP contribution in [-0.2, 0) is 6.42 Å². The van der Waals surface area contributed by atoms with Crippen LogP contribution in [0.15, 0.2) is 24.8 Å². The minimum absolute atomic E-state index is 0.0362. The van der Waals surface area contributed by atoms with Gasteiger partial charge in [0, 0.05) is 30.4 Å². The number of imidazole rings is 1. The standard InChI is InChI=1S/C11H13N5O2/c1-8-4-11(14-6-10(8)16(17)18)13-3-2-9-5-12-7-15-9/h4-7H,2-3H2,1H3,(H,12,15)(H,13,14). The van der Waals surface area contributed by atoms with Crippen LogP contribution < -0.4 is 5.32 Å². The lowest BCUT2D eigenvalue weighted by Crippen LogP contribution is -2.07. The first kappa shape index (κ1) is 12.0. The van der Waals surface area contributed by atoms with Crippen LogP contribution in [0.4, 0.5) is 11.5 Å². The largest absolute Gasteiger partial charge is 0.370 e. The quantitative estimate of drug-likeness (QED) is 0.618. The van der Waals surface area contributed by atoms with Crippen LogP contribution >= 0.6 is 0 Å². The fourth-order valence-electron chi connectivity index (χ4n) is 1.58. The van der Waals surface area contributed by atoms with Crippen LogP contribution in [-0.4, -0.2) is 26.4 Å². The van der Waals surface area contributed by atoms with Crippen LogP contribution in [0, 0.1) is 17.0 Å². The SMILES string of the molecule is Cc1cc(NCCc2cnc[nH]2)ncc1[N+](=O)[O-]. The number of aromatic nitrogens is 3. The van der Waals surface area contributed by atoms with Gasteiger partial charge in [-0.05, 0) is 13.0 Å². The number of nitrogens with one attached hydrogen (secondary N) is 2. The first-order chi connectivity index (χ1) is 8.66. The van der Waals surface area contributed by atoms with Gasteiger partial charge in [0.15, 0.2) is 0 Å². The first-order valence-corrected chi connectivity index (χ1v) is 5.49. The lowest BCUT2D eigenvalue weighted by atomic mass is 10.2. The van der Waals surface area contributed by atoms with E-state index in [1.54, 1.807) is 25.5 Å². The molecule has 0 atom stereocenters. The Hall–Kier alpha value is -2.44. The molecule has 94 valence electrons. The van der Waals surface area contributed by atoms with Crippen LogP contribution in [0.5, 0.6) is 0 Å². The van der Waals surface area contributed by atoms with Gasteiger partial charge in [0.1, 0.15) is 12.0 Å². The highest BCUT2D eigenvalue weighted by molar-refractivity contribution is 5.46. The molecule has 0 radical (unpaired) electrons. The van der Waals surface area contributed by atoms with E-state index in [-0.39, 0.29) is 5.69 Å². The second kappa shape index (κ2) is 5.26. The zero-order valence-corrected chi connectivity index (χ0v) is 9.88. The number of H-pyrrole nitrogens is 1. The van der Waals surface area contributed by atoms with Crippen molar-refractivity contribution in [3.05, 3.63) is 46.2 Å². The molecule has 2 heterocycles. The van der Waals surface area contributed by atoms with E-state index in [0.29, 0.717) is 17.9 Å². The lowest BCUT2D eigenvalue weighted by Gasteiger charge is -2.05. The average Bonchev–Trinajstić information content (AvgIpc) is 2.81. The minimum atomic E-state index is -0.434. The summed E-state index contributed by atoms with van der Waals surface area (Å²) in [6.45, 7) is 2.38. The van der Waals surface area contributed by atoms with Gasteiger partial charge in [0.2, 0.25) is 0 Å². The second-order valence-electron chi connectivity index (χ2n) is 3.87. The molecule has 2 N–H and O–H groups in total. The Bertz CT molecular complexity index is 538. The lowest BCUT2D eigenvalue weighted by molar-refractivity contribution is -0.385. The molecule has 0 amide bonds. The Kier molecular flexibility index (Phi) is 3.52. The third kappa shape index (κ3) is 2.82. The summed E-state index contributed by atoms with van der Waals surface area (Å²) in [5.41, 5.74) is 1.66. The Labute approximate surface area is 103 Å². The molecule has 0 aliphatic carbocycles. The maximum absolute atomic E-state index is 10.6. The summed E-state index contributed by atoms with van der Waals surface area (Å²) in [4.78, 5) is 21.1. The molecule has 7 nitrogen and oxygen atoms in total. The number of aryl methyl sites for hydroxylation is 1. The van der Waals surface area contributed by atoms with Crippen molar-refractivity contribution in [1.82, 2.24) is 15.0 Å². The van der Waals surface area contributed by atoms with Crippen molar-refractivity contribution in [2.45, 2.75) is 13.3 Å². The Balaban J connectivity index is 1.94. The van der Waals surface area contributed by atoms with E-state index in [0.717, 1.165) is 12.1 Å². The Morgan fingerprint density at radius 2 is 2.33 bits per heavy atom. The zero-order chi connectivity index (χ0) is 13.0. The van der Waals surface area contributed by atoms with Crippen molar-refractivity contribution in [3.63, 3.8) is 0 Å². The van der Waals surface area contributed by atoms with Gasteiger partial charge >= 0.3 is 0 Å². The molecule has 0 unspecified atom stereocenters. The zero-order valence-electron chi connectivity index (χ0n) is 9.88. The molecule has 18 heavy (non-hydrogen) atoms. The van der Waals surface area contributed by atoms with Gasteiger partial charge in [-0.2, -0.15) is 0 Å². The van der Waals surface area contributed by atoms with Crippen molar-refractivity contribution in [2.24, 2.45) is 0 Å². The number of hydrogen-bond donors (Lipinski definition) is 2. The Morgan fingerprint density at radius 1 is 1.50 bits per heavy atom. The van der Waals surface area contributed by atoms with Crippen LogP contribution in [0.2, 0.25) is 0 Å². The van der Waals surface area contributed by atoms with Gasteiger partial charge in [0.25, 0.3) is 5.69 Å². The molecule has 0 fully saturated rings. The molecule has 0 aliphatic heterocycles. The average molecular weight is 247 g/mol. The van der Waals surface area contributed by atoms with Gasteiger partial charge in [-0.1, -0.05) is 0 Å². The van der Waals surface area contributed by atoms with Gasteiger partial charge in [-0.3, -0.25) is 10.1 Å². The summed E-state index contributed by atoms with van der Waals surface area (Å²) in [6, 6.07) is 1.67. The highest BCUT2D eigenvalue weighted by Gasteiger charge is 2.10. The highest BCUT2D eigenvalue weighted by atomic mass is 16.6. The molecule has 0 aromatic carbocycles. The molecular formula is C11H13N5O2. The number of aromatic amines is 1. The van der Waals surface area contributed by atoms with E-state index >= 15 is 0 Å². The van der Waals surface area contributed by atoms with Crippen molar-refractivity contribution in [3.8, 4) is 0 Å². The third-order valence-corrected chi connectivity index (χ3v) is 2.54. The van der Waals surface area contributed by atoms with Gasteiger partial charge < -0.3 is 10.3 Å². The molecule has 0 bridgehead atoms. The Morgan fingerprint density at radius 3 is 2.94 bits per heavy atom. The van der Waals surface area contributed by atoms with Gasteiger partial charge in [-0.25, -0.2) is 9.97 Å². The van der Waals surface area contributed by atoms with Gasteiger partial charge in [0.05, 0.1) is 11.3 Å². The number of pyridine rings is 1. The molecule has 0 aliphatic rings. The number of hydrogen-bond acceptors (Lipinski definition) is 5. The molecule has 2 aromatic heterocycles. The molecule has 2 rings (SSSR count). The molecule has 2 aromatic rings. The predicted molar refractivity (Wildman–Crippen MR) is 66.4 cm³/mol. The van der Waals surface area contributed by atoms with Crippen molar-refractivity contribution < 1.29 is 4.92 Å². The third-order valence-electron chi connectivity index (χ3n) is 2.54. The van der Waals surface area contributed by atoms with Gasteiger partial charge in [-0.15, -0.1) is 0 Å². The fraction of sp³-hybridized carbons (Fsp3) is 0.273. The number of rotatable bonds is 5. The van der Waals surface area contributed by atoms with Crippen LogP contribution in [0.3, 0.4) is 0 Å². The summed E-state index contributed by atoms with van der Waals surface area (Å²) < 4.78 is 0. The summed E-state index contributed by atoms with van der Waals surface area (Å²) in [6.07, 6.45) is 5.45. The monoisotopic (exact) mass is 247 g/mol. The predicted octanol–water partition coefficient (Wildman–Crippen LogP) is 1.68. The summed E-state index contributed by atoms with van der Waals surface area (Å²) >= 11 is 0. The minimum Gasteiger partial charge on any atom is -0.370 e. The fourth-order valence-corrected chi connectivity index (χ4v) is 1.58. The van der Waals surface area contributed by atoms with E-state index < -0.39 is 4.92 Å². The highest BCUT2D eigenvalue weighted by Crippen LogP contribution is 2.18. The van der Waals surface area contributed by atoms with Crippen LogP contribution in [0.25, 0.3) is 0 Å². The maximum atomic E-state index is 10.6. The number of anilines is 1. The summed E-state index contributed by atoms with van der Waals surface area (Å²) in [5, 5.41) is 13.7. The van der Waals surface area contributed by atoms with E-state index in [2.05, 4.69) is 20.3 Å². The van der Waals surface area contributed by atoms with Crippen molar-refractivity contribution in [2.75, 3.05) is 11.9 Å². The van der Waals surface area contributed by atoms with Crippen molar-refractivity contribution >= 4 is 11.5 Å². The second-order valence-corrected chi connectivity index (χ2v) is 3.87. The number of nitro groups is 1. The first-order valence-electron chi connectivity index (χ1n) is 5.49. The number of nitrogens with zero attached hydrogens (tertiary/aromatic N) is 3. The smallest absolute Gasteiger partial charge is 0.290 e. The molecule has 0 saturated carbocycles. The van der Waals surface area contributed by atoms with Crippen LogP contribution in [0.1, 0.15) is 11.3 Å². The maximum Gasteiger partial charge on any atom is 0.290 e. The summed E-state index contributed by atoms with van der Waals surface area (Å²) in [5.74, 6) is 0.637. The summed E-state index contributed by atoms with van der Waals surface area (Å²) in [7, 11) is 0. The molecule has 0 spiro atoms. The van der Waals surface area contributed by atoms with Crippen molar-refractivity contribution in [1.29, 1.82) is 0 Å². The molecule has 7 heteroatoms. The van der Waals surface area contributed by atoms with E-state index in [4.69, 9.17) is 0 Å². The topological polar surface area (TPSA) is 96.7 Å². The van der Waals surface area contributed by atoms with E-state index in [1.165, 1.54) is 6.20 Å². The van der Waals surface area contributed by atoms with E-state index in [1.807, 2.05) is 0 Å². The molecular weight excluding hydrogens is 234 g/mol.